The molecule has 10 nitrogen and oxygen atoms in total. The van der Waals surface area contributed by atoms with Crippen LogP contribution in [0.3, 0.4) is 0 Å². The minimum atomic E-state index is -3.63. The summed E-state index contributed by atoms with van der Waals surface area (Å²) in [6, 6.07) is 9.98. The molecular weight excluding hydrogens is 468 g/mol. The Bertz CT molecular complexity index is 1330. The molecule has 11 heteroatoms. The topological polar surface area (TPSA) is 121 Å². The van der Waals surface area contributed by atoms with Gasteiger partial charge in [-0.2, -0.15) is 14.5 Å². The molecule has 0 spiro atoms. The lowest BCUT2D eigenvalue weighted by atomic mass is 9.99. The molecule has 1 amide bonds. The van der Waals surface area contributed by atoms with E-state index in [1.807, 2.05) is 19.1 Å². The van der Waals surface area contributed by atoms with Crippen LogP contribution in [0.5, 0.6) is 0 Å². The van der Waals surface area contributed by atoms with Crippen LogP contribution in [0, 0.1) is 0 Å². The van der Waals surface area contributed by atoms with Crippen LogP contribution in [0.2, 0.25) is 0 Å². The fraction of sp³-hybridized carbons (Fsp3) is 0.417. The Morgan fingerprint density at radius 1 is 1.06 bits per heavy atom. The van der Waals surface area contributed by atoms with Crippen molar-refractivity contribution in [2.75, 3.05) is 26.2 Å². The molecule has 1 unspecified atom stereocenters. The number of rotatable bonds is 7. The molecule has 1 N–H and O–H groups in total. The van der Waals surface area contributed by atoms with E-state index in [-0.39, 0.29) is 42.5 Å². The van der Waals surface area contributed by atoms with Gasteiger partial charge in [0, 0.05) is 32.2 Å². The molecule has 2 aromatic heterocycles. The number of benzene rings is 1. The number of amides is 1. The second-order valence-electron chi connectivity index (χ2n) is 8.62. The molecule has 0 aliphatic carbocycles. The van der Waals surface area contributed by atoms with Crippen molar-refractivity contribution in [3.05, 3.63) is 69.8 Å². The van der Waals surface area contributed by atoms with E-state index in [1.54, 1.807) is 23.1 Å². The van der Waals surface area contributed by atoms with Gasteiger partial charge in [-0.15, -0.1) is 0 Å². The first-order chi connectivity index (χ1) is 16.8. The van der Waals surface area contributed by atoms with Crippen LogP contribution in [0.25, 0.3) is 5.82 Å². The number of sulfonamides is 1. The van der Waals surface area contributed by atoms with E-state index in [1.165, 1.54) is 21.3 Å². The van der Waals surface area contributed by atoms with Gasteiger partial charge in [0.2, 0.25) is 10.0 Å². The predicted molar refractivity (Wildman–Crippen MR) is 131 cm³/mol. The fourth-order valence-electron chi connectivity index (χ4n) is 4.20. The smallest absolute Gasteiger partial charge is 0.264 e. The van der Waals surface area contributed by atoms with Crippen molar-refractivity contribution in [3.63, 3.8) is 0 Å². The first-order valence-corrected chi connectivity index (χ1v) is 13.2. The van der Waals surface area contributed by atoms with Crippen LogP contribution in [-0.4, -0.2) is 69.7 Å². The van der Waals surface area contributed by atoms with Gasteiger partial charge in [-0.3, -0.25) is 9.59 Å². The van der Waals surface area contributed by atoms with Gasteiger partial charge in [-0.05, 0) is 42.5 Å². The highest BCUT2D eigenvalue weighted by molar-refractivity contribution is 7.89. The molecule has 0 saturated carbocycles. The summed E-state index contributed by atoms with van der Waals surface area (Å²) in [6.45, 7) is 7.14. The third-order valence-electron chi connectivity index (χ3n) is 6.54. The third-order valence-corrected chi connectivity index (χ3v) is 8.45. The number of aromatic nitrogens is 4. The summed E-state index contributed by atoms with van der Waals surface area (Å²) >= 11 is 0. The van der Waals surface area contributed by atoms with Gasteiger partial charge >= 0.3 is 0 Å². The number of hydrogen-bond donors (Lipinski definition) is 1. The van der Waals surface area contributed by atoms with E-state index >= 15 is 0 Å². The Balaban J connectivity index is 1.46. The van der Waals surface area contributed by atoms with Crippen molar-refractivity contribution in [2.45, 2.75) is 44.4 Å². The Morgan fingerprint density at radius 2 is 1.74 bits per heavy atom. The Hall–Kier alpha value is -3.31. The van der Waals surface area contributed by atoms with E-state index in [0.717, 1.165) is 12.0 Å². The maximum Gasteiger partial charge on any atom is 0.264 e. The number of nitrogens with zero attached hydrogens (tertiary/aromatic N) is 5. The maximum absolute atomic E-state index is 13.3. The van der Waals surface area contributed by atoms with Crippen molar-refractivity contribution < 1.29 is 13.2 Å². The Morgan fingerprint density at radius 3 is 2.31 bits per heavy atom. The summed E-state index contributed by atoms with van der Waals surface area (Å²) < 4.78 is 29.3. The molecule has 1 fully saturated rings. The molecule has 0 bridgehead atoms. The quantitative estimate of drug-likeness (QED) is 0.533. The van der Waals surface area contributed by atoms with E-state index in [9.17, 15) is 18.0 Å². The number of carbonyl (C=O) groups excluding carboxylic acids is 1. The summed E-state index contributed by atoms with van der Waals surface area (Å²) in [7, 11) is -3.63. The lowest BCUT2D eigenvalue weighted by Gasteiger charge is -2.34. The lowest BCUT2D eigenvalue weighted by molar-refractivity contribution is 0.0696. The van der Waals surface area contributed by atoms with Crippen molar-refractivity contribution in [3.8, 4) is 5.82 Å². The number of piperazine rings is 1. The van der Waals surface area contributed by atoms with Gasteiger partial charge in [0.05, 0.1) is 22.3 Å². The fourth-order valence-corrected chi connectivity index (χ4v) is 5.62. The van der Waals surface area contributed by atoms with Crippen molar-refractivity contribution >= 4 is 15.9 Å². The van der Waals surface area contributed by atoms with Gasteiger partial charge in [-0.25, -0.2) is 18.2 Å². The monoisotopic (exact) mass is 498 g/mol. The molecule has 1 aliphatic rings. The van der Waals surface area contributed by atoms with Crippen molar-refractivity contribution in [1.29, 1.82) is 0 Å². The second kappa shape index (κ2) is 10.1. The minimum Gasteiger partial charge on any atom is -0.336 e. The van der Waals surface area contributed by atoms with E-state index in [0.29, 0.717) is 29.4 Å². The van der Waals surface area contributed by atoms with Gasteiger partial charge in [0.1, 0.15) is 0 Å². The zero-order valence-corrected chi connectivity index (χ0v) is 21.0. The van der Waals surface area contributed by atoms with E-state index in [4.69, 9.17) is 0 Å². The average molecular weight is 499 g/mol. The summed E-state index contributed by atoms with van der Waals surface area (Å²) in [5.74, 6) is 0.585. The van der Waals surface area contributed by atoms with Crippen LogP contribution < -0.4 is 5.56 Å². The summed E-state index contributed by atoms with van der Waals surface area (Å²) in [5, 5.41) is 10.7. The Kier molecular flexibility index (Phi) is 7.18. The molecule has 1 aromatic carbocycles. The molecule has 4 rings (SSSR count). The summed E-state index contributed by atoms with van der Waals surface area (Å²) in [5.41, 5.74) is 1.91. The molecule has 0 radical (unpaired) electrons. The largest absolute Gasteiger partial charge is 0.336 e. The molecule has 1 aliphatic heterocycles. The van der Waals surface area contributed by atoms with Gasteiger partial charge in [0.15, 0.2) is 5.82 Å². The number of nitrogens with one attached hydrogen (secondary N) is 1. The summed E-state index contributed by atoms with van der Waals surface area (Å²) in [6.07, 6.45) is 3.01. The zero-order chi connectivity index (χ0) is 25.2. The lowest BCUT2D eigenvalue weighted by Crippen LogP contribution is -2.50. The predicted octanol–water partition coefficient (Wildman–Crippen LogP) is 2.18. The number of hydrogen-bond acceptors (Lipinski definition) is 6. The SMILES string of the molecule is CCc1c(C(=O)N2CCN(S(=O)(=O)c3ccc(C(C)CC)cc3)CC2)cnn1-c1ccc(=O)[nH]n1. The maximum atomic E-state index is 13.3. The molecule has 3 heterocycles. The van der Waals surface area contributed by atoms with Crippen LogP contribution in [0.15, 0.2) is 52.3 Å². The van der Waals surface area contributed by atoms with E-state index in [2.05, 4.69) is 29.1 Å². The highest BCUT2D eigenvalue weighted by Crippen LogP contribution is 2.24. The minimum absolute atomic E-state index is 0.201. The highest BCUT2D eigenvalue weighted by Gasteiger charge is 2.32. The van der Waals surface area contributed by atoms with Gasteiger partial charge < -0.3 is 4.90 Å². The van der Waals surface area contributed by atoms with Gasteiger partial charge in [0.25, 0.3) is 11.5 Å². The first-order valence-electron chi connectivity index (χ1n) is 11.8. The number of H-pyrrole nitrogens is 1. The molecule has 1 saturated heterocycles. The van der Waals surface area contributed by atoms with Crippen LogP contribution in [-0.2, 0) is 16.4 Å². The zero-order valence-electron chi connectivity index (χ0n) is 20.1. The van der Waals surface area contributed by atoms with Crippen LogP contribution in [0.4, 0.5) is 0 Å². The summed E-state index contributed by atoms with van der Waals surface area (Å²) in [4.78, 5) is 26.5. The number of aromatic amines is 1. The molecule has 1 atom stereocenters. The molecular formula is C24H30N6O4S. The third kappa shape index (κ3) is 4.92. The molecule has 3 aromatic rings. The molecule has 35 heavy (non-hydrogen) atoms. The van der Waals surface area contributed by atoms with Crippen LogP contribution in [0.1, 0.15) is 54.7 Å². The standard InChI is InChI=1S/C24H30N6O4S/c1-4-17(3)18-6-8-19(9-7-18)35(33,34)29-14-12-28(13-15-29)24(32)20-16-25-30(21(20)5-2)22-10-11-23(31)27-26-22/h6-11,16-17H,4-5,12-15H2,1-3H3,(H,27,31). The Labute approximate surface area is 204 Å². The van der Waals surface area contributed by atoms with E-state index < -0.39 is 10.0 Å². The highest BCUT2D eigenvalue weighted by atomic mass is 32.2. The molecule has 186 valence electrons. The first kappa shape index (κ1) is 24.8. The van der Waals surface area contributed by atoms with Crippen LogP contribution >= 0.6 is 0 Å². The number of carbonyl (C=O) groups is 1. The van der Waals surface area contributed by atoms with Crippen molar-refractivity contribution in [2.24, 2.45) is 0 Å². The van der Waals surface area contributed by atoms with Crippen molar-refractivity contribution in [1.82, 2.24) is 29.2 Å². The average Bonchev–Trinajstić information content (AvgIpc) is 3.32. The van der Waals surface area contributed by atoms with Gasteiger partial charge in [-0.1, -0.05) is 32.9 Å². The normalized spacial score (nSPS) is 15.8. The second-order valence-corrected chi connectivity index (χ2v) is 10.6.